The van der Waals surface area contributed by atoms with Crippen LogP contribution in [0.1, 0.15) is 124 Å². The van der Waals surface area contributed by atoms with Gasteiger partial charge in [-0.05, 0) is 42.2 Å². The molecular weight excluding hydrogens is 500 g/mol. The Morgan fingerprint density at radius 3 is 1.79 bits per heavy atom. The Morgan fingerprint density at radius 2 is 1.33 bits per heavy atom. The van der Waals surface area contributed by atoms with Crippen LogP contribution in [-0.2, 0) is 15.8 Å². The van der Waals surface area contributed by atoms with Crippen LogP contribution in [-0.4, -0.2) is 39.3 Å². The summed E-state index contributed by atoms with van der Waals surface area (Å²) in [4.78, 5) is 0. The first-order valence-corrected chi connectivity index (χ1v) is 18.9. The van der Waals surface area contributed by atoms with Crippen molar-refractivity contribution in [1.29, 1.82) is 0 Å². The van der Waals surface area contributed by atoms with Gasteiger partial charge in [-0.15, -0.1) is 0 Å². The zero-order chi connectivity index (χ0) is 29.3. The van der Waals surface area contributed by atoms with E-state index < -0.39 is 8.32 Å². The topological polar surface area (TPSA) is 47.9 Å². The van der Waals surface area contributed by atoms with Crippen LogP contribution >= 0.6 is 0 Å². The zero-order valence-electron chi connectivity index (χ0n) is 27.2. The van der Waals surface area contributed by atoms with Crippen molar-refractivity contribution in [3.8, 4) is 5.75 Å². The summed E-state index contributed by atoms with van der Waals surface area (Å²) in [5.41, 5.74) is 1.12. The molecule has 0 fully saturated rings. The lowest BCUT2D eigenvalue weighted by atomic mass is 9.87. The maximum Gasteiger partial charge on any atom is 0.192 e. The Kier molecular flexibility index (Phi) is 17.9. The summed E-state index contributed by atoms with van der Waals surface area (Å²) in [5.74, 6) is 1.09. The highest BCUT2D eigenvalue weighted by atomic mass is 28.4. The van der Waals surface area contributed by atoms with Crippen molar-refractivity contribution in [2.45, 2.75) is 156 Å². The maximum atomic E-state index is 10.1. The molecule has 1 rings (SSSR count). The van der Waals surface area contributed by atoms with Gasteiger partial charge in [-0.3, -0.25) is 0 Å². The second kappa shape index (κ2) is 19.3. The summed E-state index contributed by atoms with van der Waals surface area (Å²) in [6.45, 7) is 19.0. The minimum Gasteiger partial charge on any atom is -0.497 e. The highest BCUT2D eigenvalue weighted by Crippen LogP contribution is 2.40. The average molecular weight is 565 g/mol. The predicted octanol–water partition coefficient (Wildman–Crippen LogP) is 9.94. The number of aliphatic hydroxyl groups excluding tert-OH is 1. The van der Waals surface area contributed by atoms with Crippen LogP contribution in [0.15, 0.2) is 24.3 Å². The molecule has 0 aliphatic rings. The quantitative estimate of drug-likeness (QED) is 0.112. The summed E-state index contributed by atoms with van der Waals surface area (Å²) in [6.07, 6.45) is 16.0. The fourth-order valence-corrected chi connectivity index (χ4v) is 6.50. The number of methoxy groups -OCH3 is 1. The maximum absolute atomic E-state index is 10.1. The summed E-state index contributed by atoms with van der Waals surface area (Å²) in [6, 6.07) is 8.06. The van der Waals surface area contributed by atoms with Crippen molar-refractivity contribution < 1.29 is 19.0 Å². The summed E-state index contributed by atoms with van der Waals surface area (Å²) >= 11 is 0. The van der Waals surface area contributed by atoms with Crippen LogP contribution in [0.25, 0.3) is 0 Å². The van der Waals surface area contributed by atoms with Gasteiger partial charge >= 0.3 is 0 Å². The third-order valence-corrected chi connectivity index (χ3v) is 13.4. The Hall–Kier alpha value is -0.883. The largest absolute Gasteiger partial charge is 0.497 e. The number of aliphatic hydroxyl groups is 1. The van der Waals surface area contributed by atoms with E-state index in [-0.39, 0.29) is 35.7 Å². The van der Waals surface area contributed by atoms with Crippen molar-refractivity contribution >= 4 is 8.32 Å². The fourth-order valence-electron chi connectivity index (χ4n) is 5.06. The first-order valence-electron chi connectivity index (χ1n) is 16.0. The van der Waals surface area contributed by atoms with Crippen molar-refractivity contribution in [2.24, 2.45) is 11.8 Å². The van der Waals surface area contributed by atoms with E-state index in [9.17, 15) is 5.11 Å². The third kappa shape index (κ3) is 14.0. The smallest absolute Gasteiger partial charge is 0.192 e. The standard InChI is InChI=1S/C34H64O4Si/c1-10-11-12-13-14-15-16-17-18-19-20-21-32(38-39(8,9)34(4,5)6)29(3)33(28(2)26-35)37-27-30-22-24-31(36-7)25-23-30/h22-25,28-29,32-33,35H,10-21,26-27H2,1-9H3/t28-,29-,32+,33-/m0/s1. The third-order valence-electron chi connectivity index (χ3n) is 8.90. The highest BCUT2D eigenvalue weighted by Gasteiger charge is 2.41. The van der Waals surface area contributed by atoms with E-state index in [2.05, 4.69) is 66.8 Å². The van der Waals surface area contributed by atoms with Gasteiger partial charge in [0, 0.05) is 18.4 Å². The minimum atomic E-state index is -1.95. The molecule has 4 atom stereocenters. The monoisotopic (exact) mass is 564 g/mol. The first kappa shape index (κ1) is 36.1. The molecule has 1 N–H and O–H groups in total. The molecule has 0 saturated carbocycles. The first-order chi connectivity index (χ1) is 18.5. The van der Waals surface area contributed by atoms with Crippen molar-refractivity contribution in [1.82, 2.24) is 0 Å². The number of rotatable bonds is 22. The Labute approximate surface area is 243 Å². The van der Waals surface area contributed by atoms with Gasteiger partial charge in [-0.1, -0.05) is 124 Å². The molecule has 0 amide bonds. The average Bonchev–Trinajstić information content (AvgIpc) is 2.90. The van der Waals surface area contributed by atoms with E-state index in [1.807, 2.05) is 12.1 Å². The number of hydrogen-bond acceptors (Lipinski definition) is 4. The molecule has 0 radical (unpaired) electrons. The summed E-state index contributed by atoms with van der Waals surface area (Å²) < 4.78 is 18.9. The second-order valence-electron chi connectivity index (χ2n) is 13.4. The van der Waals surface area contributed by atoms with E-state index in [4.69, 9.17) is 13.9 Å². The van der Waals surface area contributed by atoms with Gasteiger partial charge in [-0.2, -0.15) is 0 Å². The normalized spacial score (nSPS) is 15.6. The number of ether oxygens (including phenoxy) is 2. The van der Waals surface area contributed by atoms with Crippen molar-refractivity contribution in [2.75, 3.05) is 13.7 Å². The molecule has 0 heterocycles. The molecule has 0 bridgehead atoms. The van der Waals surface area contributed by atoms with Gasteiger partial charge in [0.2, 0.25) is 0 Å². The minimum absolute atomic E-state index is 0.0427. The Morgan fingerprint density at radius 1 is 0.821 bits per heavy atom. The molecule has 0 aliphatic carbocycles. The van der Waals surface area contributed by atoms with Crippen LogP contribution in [0, 0.1) is 11.8 Å². The molecule has 0 aromatic heterocycles. The Bertz CT molecular complexity index is 728. The van der Waals surface area contributed by atoms with Gasteiger partial charge in [0.15, 0.2) is 8.32 Å². The van der Waals surface area contributed by atoms with Crippen molar-refractivity contribution in [3.63, 3.8) is 0 Å². The predicted molar refractivity (Wildman–Crippen MR) is 170 cm³/mol. The van der Waals surface area contributed by atoms with E-state index in [1.54, 1.807) is 7.11 Å². The molecule has 5 heteroatoms. The van der Waals surface area contributed by atoms with Gasteiger partial charge in [0.1, 0.15) is 5.75 Å². The summed E-state index contributed by atoms with van der Waals surface area (Å²) in [7, 11) is -0.266. The molecule has 0 aliphatic heterocycles. The molecule has 39 heavy (non-hydrogen) atoms. The molecule has 0 spiro atoms. The van der Waals surface area contributed by atoms with Gasteiger partial charge in [-0.25, -0.2) is 0 Å². The lowest BCUT2D eigenvalue weighted by Crippen LogP contribution is -2.48. The van der Waals surface area contributed by atoms with Gasteiger partial charge < -0.3 is 19.0 Å². The van der Waals surface area contributed by atoms with Crippen LogP contribution in [0.5, 0.6) is 5.75 Å². The van der Waals surface area contributed by atoms with Gasteiger partial charge in [0.25, 0.3) is 0 Å². The molecule has 4 nitrogen and oxygen atoms in total. The molecule has 1 aromatic rings. The fraction of sp³-hybridized carbons (Fsp3) is 0.824. The lowest BCUT2D eigenvalue weighted by molar-refractivity contribution is -0.0731. The van der Waals surface area contributed by atoms with Gasteiger partial charge in [0.05, 0.1) is 25.9 Å². The molecule has 0 saturated heterocycles. The number of unbranched alkanes of at least 4 members (excludes halogenated alkanes) is 10. The van der Waals surface area contributed by atoms with Crippen LogP contribution in [0.3, 0.4) is 0 Å². The number of hydrogen-bond donors (Lipinski definition) is 1. The van der Waals surface area contributed by atoms with E-state index in [0.29, 0.717) is 6.61 Å². The van der Waals surface area contributed by atoms with Crippen LogP contribution < -0.4 is 4.74 Å². The van der Waals surface area contributed by atoms with E-state index in [1.165, 1.54) is 70.6 Å². The molecule has 228 valence electrons. The molecule has 1 aromatic carbocycles. The SMILES string of the molecule is CCCCCCCCCCCCC[C@@H](O[Si](C)(C)C(C)(C)C)[C@H](C)[C@@H](OCc1ccc(OC)cc1)[C@@H](C)CO. The van der Waals surface area contributed by atoms with E-state index >= 15 is 0 Å². The number of benzene rings is 1. The highest BCUT2D eigenvalue weighted by molar-refractivity contribution is 6.74. The summed E-state index contributed by atoms with van der Waals surface area (Å²) in [5, 5.41) is 10.3. The van der Waals surface area contributed by atoms with E-state index in [0.717, 1.165) is 17.7 Å². The molecular formula is C34H64O4Si. The second-order valence-corrected chi connectivity index (χ2v) is 18.1. The van der Waals surface area contributed by atoms with Crippen LogP contribution in [0.2, 0.25) is 18.1 Å². The van der Waals surface area contributed by atoms with Crippen LogP contribution in [0.4, 0.5) is 0 Å². The molecule has 0 unspecified atom stereocenters. The zero-order valence-corrected chi connectivity index (χ0v) is 28.2. The Balaban J connectivity index is 2.76. The lowest BCUT2D eigenvalue weighted by Gasteiger charge is -2.43. The van der Waals surface area contributed by atoms with Crippen molar-refractivity contribution in [3.05, 3.63) is 29.8 Å².